The van der Waals surface area contributed by atoms with Crippen LogP contribution in [0.1, 0.15) is 38.7 Å². The van der Waals surface area contributed by atoms with Gasteiger partial charge in [-0.05, 0) is 43.9 Å². The second-order valence-corrected chi connectivity index (χ2v) is 5.15. The normalized spacial score (nSPS) is 13.9. The number of carbonyl (C=O) groups excluding carboxylic acids is 1. The van der Waals surface area contributed by atoms with Crippen LogP contribution in [-0.2, 0) is 11.2 Å². The summed E-state index contributed by atoms with van der Waals surface area (Å²) in [5.41, 5.74) is 7.01. The number of hydrogen-bond acceptors (Lipinski definition) is 3. The molecule has 1 unspecified atom stereocenters. The lowest BCUT2D eigenvalue weighted by Gasteiger charge is -2.23. The molecular formula is C15H24N2O2. The average molecular weight is 264 g/mol. The third kappa shape index (κ3) is 5.01. The summed E-state index contributed by atoms with van der Waals surface area (Å²) < 4.78 is 0. The van der Waals surface area contributed by atoms with Gasteiger partial charge in [0.05, 0.1) is 5.54 Å². The fourth-order valence-corrected chi connectivity index (χ4v) is 1.99. The van der Waals surface area contributed by atoms with Gasteiger partial charge in [-0.3, -0.25) is 4.79 Å². The Kier molecular flexibility index (Phi) is 5.99. The lowest BCUT2D eigenvalue weighted by atomic mass is 9.96. The molecule has 4 N–H and O–H groups in total. The summed E-state index contributed by atoms with van der Waals surface area (Å²) in [7, 11) is 0. The number of benzene rings is 1. The Bertz CT molecular complexity index is 416. The fraction of sp³-hybridized carbons (Fsp3) is 0.533. The molecule has 106 valence electrons. The molecule has 1 aromatic carbocycles. The summed E-state index contributed by atoms with van der Waals surface area (Å²) in [6, 6.07) is 7.66. The van der Waals surface area contributed by atoms with Crippen LogP contribution in [0.5, 0.6) is 0 Å². The third-order valence-electron chi connectivity index (χ3n) is 3.10. The molecule has 1 amide bonds. The van der Waals surface area contributed by atoms with Crippen molar-refractivity contribution in [1.82, 2.24) is 0 Å². The summed E-state index contributed by atoms with van der Waals surface area (Å²) in [5, 5.41) is 11.7. The second-order valence-electron chi connectivity index (χ2n) is 5.15. The molecular weight excluding hydrogens is 240 g/mol. The number of nitrogens with two attached hydrogens (primary N) is 1. The fourth-order valence-electron chi connectivity index (χ4n) is 1.99. The predicted molar refractivity (Wildman–Crippen MR) is 78.0 cm³/mol. The highest BCUT2D eigenvalue weighted by Gasteiger charge is 2.27. The first-order valence-electron chi connectivity index (χ1n) is 6.79. The van der Waals surface area contributed by atoms with Gasteiger partial charge in [-0.15, -0.1) is 0 Å². The van der Waals surface area contributed by atoms with E-state index in [-0.39, 0.29) is 12.5 Å². The maximum absolute atomic E-state index is 12.1. The zero-order valence-corrected chi connectivity index (χ0v) is 11.8. The van der Waals surface area contributed by atoms with Gasteiger partial charge >= 0.3 is 0 Å². The molecule has 4 nitrogen and oxygen atoms in total. The summed E-state index contributed by atoms with van der Waals surface area (Å²) in [5.74, 6) is -0.159. The van der Waals surface area contributed by atoms with Crippen molar-refractivity contribution in [2.45, 2.75) is 45.1 Å². The summed E-state index contributed by atoms with van der Waals surface area (Å²) in [6.07, 6.45) is 3.05. The molecule has 0 spiro atoms. The molecule has 0 aliphatic heterocycles. The highest BCUT2D eigenvalue weighted by atomic mass is 16.2. The molecule has 1 atom stereocenters. The van der Waals surface area contributed by atoms with Gasteiger partial charge in [0.1, 0.15) is 0 Å². The molecule has 19 heavy (non-hydrogen) atoms. The van der Waals surface area contributed by atoms with Crippen molar-refractivity contribution in [3.63, 3.8) is 0 Å². The molecule has 0 bridgehead atoms. The zero-order valence-electron chi connectivity index (χ0n) is 11.8. The smallest absolute Gasteiger partial charge is 0.244 e. The largest absolute Gasteiger partial charge is 0.396 e. The first-order valence-corrected chi connectivity index (χ1v) is 6.79. The van der Waals surface area contributed by atoms with E-state index in [4.69, 9.17) is 10.8 Å². The monoisotopic (exact) mass is 264 g/mol. The van der Waals surface area contributed by atoms with Crippen LogP contribution in [0.25, 0.3) is 0 Å². The number of hydrogen-bond donors (Lipinski definition) is 3. The highest BCUT2D eigenvalue weighted by molar-refractivity contribution is 5.97. The van der Waals surface area contributed by atoms with Crippen LogP contribution in [0.15, 0.2) is 24.3 Å². The predicted octanol–water partition coefficient (Wildman–Crippen LogP) is 2.07. The van der Waals surface area contributed by atoms with Gasteiger partial charge in [-0.2, -0.15) is 0 Å². The molecule has 0 heterocycles. The number of anilines is 1. The van der Waals surface area contributed by atoms with E-state index >= 15 is 0 Å². The van der Waals surface area contributed by atoms with E-state index in [0.29, 0.717) is 6.42 Å². The molecule has 0 saturated heterocycles. The van der Waals surface area contributed by atoms with Crippen LogP contribution in [0.2, 0.25) is 0 Å². The van der Waals surface area contributed by atoms with Gasteiger partial charge in [0.15, 0.2) is 0 Å². The van der Waals surface area contributed by atoms with E-state index in [2.05, 4.69) is 5.32 Å². The molecule has 0 fully saturated rings. The third-order valence-corrected chi connectivity index (χ3v) is 3.10. The summed E-state index contributed by atoms with van der Waals surface area (Å²) >= 11 is 0. The van der Waals surface area contributed by atoms with Crippen LogP contribution in [-0.4, -0.2) is 23.2 Å². The number of aliphatic hydroxyl groups excluding tert-OH is 1. The Morgan fingerprint density at radius 3 is 2.84 bits per heavy atom. The second kappa shape index (κ2) is 7.26. The molecule has 1 rings (SSSR count). The average Bonchev–Trinajstić information content (AvgIpc) is 2.36. The molecule has 0 radical (unpaired) electrons. The van der Waals surface area contributed by atoms with Crippen molar-refractivity contribution in [3.8, 4) is 0 Å². The number of nitrogens with one attached hydrogen (secondary N) is 1. The van der Waals surface area contributed by atoms with Crippen molar-refractivity contribution < 1.29 is 9.90 Å². The molecule has 1 aromatic rings. The van der Waals surface area contributed by atoms with Crippen molar-refractivity contribution in [2.24, 2.45) is 5.73 Å². The number of aryl methyl sites for hydroxylation is 1. The van der Waals surface area contributed by atoms with Gasteiger partial charge < -0.3 is 16.2 Å². The number of amides is 1. The minimum absolute atomic E-state index is 0.159. The maximum atomic E-state index is 12.1. The van der Waals surface area contributed by atoms with E-state index in [1.165, 1.54) is 0 Å². The van der Waals surface area contributed by atoms with Gasteiger partial charge in [0, 0.05) is 12.3 Å². The Morgan fingerprint density at radius 2 is 2.21 bits per heavy atom. The lowest BCUT2D eigenvalue weighted by Crippen LogP contribution is -2.48. The van der Waals surface area contributed by atoms with Crippen molar-refractivity contribution >= 4 is 11.6 Å². The molecule has 0 saturated carbocycles. The molecule has 0 aliphatic carbocycles. The lowest BCUT2D eigenvalue weighted by molar-refractivity contribution is -0.120. The standard InChI is InChI=1S/C15H24N2O2/c1-3-9-15(2,16)14(19)17-13-8-4-6-12(11-13)7-5-10-18/h4,6,8,11,18H,3,5,7,9-10,16H2,1-2H3,(H,17,19). The number of carbonyl (C=O) groups is 1. The van der Waals surface area contributed by atoms with Crippen LogP contribution < -0.4 is 11.1 Å². The summed E-state index contributed by atoms with van der Waals surface area (Å²) in [6.45, 7) is 3.93. The topological polar surface area (TPSA) is 75.4 Å². The van der Waals surface area contributed by atoms with Crippen LogP contribution in [0.4, 0.5) is 5.69 Å². The summed E-state index contributed by atoms with van der Waals surface area (Å²) in [4.78, 5) is 12.1. The van der Waals surface area contributed by atoms with E-state index in [1.807, 2.05) is 31.2 Å². The Hall–Kier alpha value is -1.39. The Balaban J connectivity index is 2.68. The van der Waals surface area contributed by atoms with E-state index < -0.39 is 5.54 Å². The molecule has 0 aliphatic rings. The first-order chi connectivity index (χ1) is 8.99. The van der Waals surface area contributed by atoms with Crippen molar-refractivity contribution in [1.29, 1.82) is 0 Å². The van der Waals surface area contributed by atoms with Gasteiger partial charge in [0.25, 0.3) is 0 Å². The maximum Gasteiger partial charge on any atom is 0.244 e. The van der Waals surface area contributed by atoms with Gasteiger partial charge in [0.2, 0.25) is 5.91 Å². The van der Waals surface area contributed by atoms with Crippen molar-refractivity contribution in [2.75, 3.05) is 11.9 Å². The van der Waals surface area contributed by atoms with E-state index in [1.54, 1.807) is 6.92 Å². The molecule has 0 aromatic heterocycles. The van der Waals surface area contributed by atoms with Gasteiger partial charge in [-0.1, -0.05) is 25.5 Å². The van der Waals surface area contributed by atoms with Crippen LogP contribution in [0.3, 0.4) is 0 Å². The van der Waals surface area contributed by atoms with Gasteiger partial charge in [-0.25, -0.2) is 0 Å². The SMILES string of the molecule is CCCC(C)(N)C(=O)Nc1cccc(CCCO)c1. The Morgan fingerprint density at radius 1 is 1.47 bits per heavy atom. The quantitative estimate of drug-likeness (QED) is 0.705. The number of aliphatic hydroxyl groups is 1. The number of rotatable bonds is 7. The Labute approximate surface area is 115 Å². The van der Waals surface area contributed by atoms with Crippen molar-refractivity contribution in [3.05, 3.63) is 29.8 Å². The van der Waals surface area contributed by atoms with Crippen LogP contribution >= 0.6 is 0 Å². The highest BCUT2D eigenvalue weighted by Crippen LogP contribution is 2.16. The molecule has 4 heteroatoms. The zero-order chi connectivity index (χ0) is 14.3. The minimum Gasteiger partial charge on any atom is -0.396 e. The van der Waals surface area contributed by atoms with Crippen LogP contribution in [0, 0.1) is 0 Å². The van der Waals surface area contributed by atoms with E-state index in [9.17, 15) is 4.79 Å². The minimum atomic E-state index is -0.837. The van der Waals surface area contributed by atoms with E-state index in [0.717, 1.165) is 30.5 Å². The first kappa shape index (κ1) is 15.7.